The van der Waals surface area contributed by atoms with Crippen LogP contribution in [0.2, 0.25) is 0 Å². The fourth-order valence-electron chi connectivity index (χ4n) is 2.06. The Kier molecular flexibility index (Phi) is 9.69. The second-order valence-corrected chi connectivity index (χ2v) is 6.51. The number of esters is 1. The molecule has 0 aromatic carbocycles. The number of likely N-dealkylation sites (N-methyl/N-ethyl adjacent to an activating group) is 1. The second kappa shape index (κ2) is 10.3. The molecule has 0 aromatic heterocycles. The van der Waals surface area contributed by atoms with Crippen LogP contribution in [0.3, 0.4) is 0 Å². The average molecular weight is 315 g/mol. The molecule has 0 heterocycles. The van der Waals surface area contributed by atoms with Crippen molar-refractivity contribution in [1.82, 2.24) is 0 Å². The van der Waals surface area contributed by atoms with Crippen molar-refractivity contribution in [3.63, 3.8) is 0 Å². The molecule has 0 rings (SSSR count). The second-order valence-electron chi connectivity index (χ2n) is 6.51. The van der Waals surface area contributed by atoms with Crippen molar-refractivity contribution in [2.45, 2.75) is 51.2 Å². The van der Waals surface area contributed by atoms with Gasteiger partial charge in [-0.1, -0.05) is 25.5 Å². The number of aliphatic hydroxyl groups is 1. The van der Waals surface area contributed by atoms with Crippen LogP contribution < -0.4 is 5.11 Å². The number of nitrogens with zero attached hydrogens (tertiary/aromatic N) is 1. The van der Waals surface area contributed by atoms with Crippen molar-refractivity contribution in [1.29, 1.82) is 0 Å². The summed E-state index contributed by atoms with van der Waals surface area (Å²) in [7, 11) is 5.68. The Morgan fingerprint density at radius 3 is 2.41 bits per heavy atom. The maximum absolute atomic E-state index is 11.7. The minimum atomic E-state index is -1.23. The number of quaternary nitrogens is 1. The number of carbonyl (C=O) groups is 2. The summed E-state index contributed by atoms with van der Waals surface area (Å²) in [6.45, 7) is 2.40. The number of carbonyl (C=O) groups excluding carboxylic acids is 2. The van der Waals surface area contributed by atoms with Gasteiger partial charge in [-0.3, -0.25) is 4.79 Å². The lowest BCUT2D eigenvalue weighted by atomic mass is 10.1. The van der Waals surface area contributed by atoms with Gasteiger partial charge in [-0.25, -0.2) is 0 Å². The Morgan fingerprint density at radius 1 is 1.27 bits per heavy atom. The molecule has 0 aromatic rings. The number of hydrogen-bond acceptors (Lipinski definition) is 5. The van der Waals surface area contributed by atoms with Crippen LogP contribution in [0.4, 0.5) is 0 Å². The minimum absolute atomic E-state index is 0.0690. The monoisotopic (exact) mass is 315 g/mol. The molecule has 0 radical (unpaired) electrons. The number of carboxylic acids is 1. The van der Waals surface area contributed by atoms with Gasteiger partial charge in [-0.15, -0.1) is 0 Å². The third kappa shape index (κ3) is 12.3. The van der Waals surface area contributed by atoms with Crippen molar-refractivity contribution in [2.24, 2.45) is 0 Å². The third-order valence-electron chi connectivity index (χ3n) is 2.93. The molecule has 2 atom stereocenters. The van der Waals surface area contributed by atoms with Gasteiger partial charge in [-0.05, 0) is 12.8 Å². The van der Waals surface area contributed by atoms with E-state index < -0.39 is 18.0 Å². The summed E-state index contributed by atoms with van der Waals surface area (Å²) in [5.74, 6) is -1.70. The topological polar surface area (TPSA) is 86.7 Å². The van der Waals surface area contributed by atoms with Gasteiger partial charge in [0.2, 0.25) is 0 Å². The van der Waals surface area contributed by atoms with E-state index in [1.807, 2.05) is 28.1 Å². The number of aliphatic hydroxyl groups excluding tert-OH is 1. The van der Waals surface area contributed by atoms with E-state index in [9.17, 15) is 19.8 Å². The first-order valence-electron chi connectivity index (χ1n) is 7.67. The summed E-state index contributed by atoms with van der Waals surface area (Å²) in [5, 5.41) is 20.3. The maximum Gasteiger partial charge on any atom is 0.310 e. The molecule has 0 fully saturated rings. The van der Waals surface area contributed by atoms with Crippen molar-refractivity contribution in [2.75, 3.05) is 27.7 Å². The molecule has 0 aliphatic rings. The van der Waals surface area contributed by atoms with Gasteiger partial charge >= 0.3 is 5.97 Å². The van der Waals surface area contributed by atoms with Crippen LogP contribution in [0.5, 0.6) is 0 Å². The number of hydrogen-bond donors (Lipinski definition) is 1. The molecule has 0 amide bonds. The standard InChI is InChI=1S/C16H29NO5/c1-5-8-13(18)9-6-7-10-16(21)22-14(11-15(19)20)12-17(2,3)4/h6-7,13-14,18H,5,8-12H2,1-4H3/b7-6+. The summed E-state index contributed by atoms with van der Waals surface area (Å²) in [6, 6.07) is 0. The summed E-state index contributed by atoms with van der Waals surface area (Å²) < 4.78 is 5.69. The number of carboxylic acid groups (broad SMARTS) is 1. The smallest absolute Gasteiger partial charge is 0.310 e. The van der Waals surface area contributed by atoms with E-state index in [4.69, 9.17) is 4.74 Å². The average Bonchev–Trinajstić information content (AvgIpc) is 2.32. The van der Waals surface area contributed by atoms with Gasteiger partial charge in [0, 0.05) is 12.4 Å². The van der Waals surface area contributed by atoms with E-state index >= 15 is 0 Å². The molecular weight excluding hydrogens is 286 g/mol. The SMILES string of the molecule is CCCC(O)C/C=C/CC(=O)OC(CC(=O)[O-])C[N+](C)(C)C. The first-order valence-corrected chi connectivity index (χ1v) is 7.67. The Balaban J connectivity index is 4.27. The molecule has 2 unspecified atom stereocenters. The first-order chi connectivity index (χ1) is 10.1. The third-order valence-corrected chi connectivity index (χ3v) is 2.93. The van der Waals surface area contributed by atoms with Crippen molar-refractivity contribution in [3.8, 4) is 0 Å². The minimum Gasteiger partial charge on any atom is -0.550 e. The van der Waals surface area contributed by atoms with Gasteiger partial charge < -0.3 is 24.2 Å². The summed E-state index contributed by atoms with van der Waals surface area (Å²) in [6.07, 6.45) is 4.21. The van der Waals surface area contributed by atoms with E-state index in [0.717, 1.165) is 12.8 Å². The molecule has 128 valence electrons. The number of aliphatic carboxylic acids is 1. The van der Waals surface area contributed by atoms with Crippen molar-refractivity contribution < 1.29 is 29.0 Å². The fraction of sp³-hybridized carbons (Fsp3) is 0.750. The molecule has 0 saturated carbocycles. The van der Waals surface area contributed by atoms with E-state index in [1.54, 1.807) is 12.2 Å². The molecule has 0 aliphatic heterocycles. The van der Waals surface area contributed by atoms with Crippen LogP contribution in [-0.2, 0) is 14.3 Å². The largest absolute Gasteiger partial charge is 0.550 e. The summed E-state index contributed by atoms with van der Waals surface area (Å²) in [5.41, 5.74) is 0. The molecule has 1 N–H and O–H groups in total. The number of ether oxygens (including phenoxy) is 1. The highest BCUT2D eigenvalue weighted by Crippen LogP contribution is 2.07. The molecular formula is C16H29NO5. The summed E-state index contributed by atoms with van der Waals surface area (Å²) >= 11 is 0. The Hall–Kier alpha value is -1.40. The Morgan fingerprint density at radius 2 is 1.91 bits per heavy atom. The zero-order valence-corrected chi connectivity index (χ0v) is 14.1. The van der Waals surface area contributed by atoms with E-state index in [2.05, 4.69) is 0 Å². The quantitative estimate of drug-likeness (QED) is 0.335. The number of rotatable bonds is 11. The van der Waals surface area contributed by atoms with Crippen LogP contribution >= 0.6 is 0 Å². The highest BCUT2D eigenvalue weighted by Gasteiger charge is 2.21. The van der Waals surface area contributed by atoms with E-state index in [-0.39, 0.29) is 18.9 Å². The van der Waals surface area contributed by atoms with Crippen LogP contribution in [0, 0.1) is 0 Å². The van der Waals surface area contributed by atoms with Crippen LogP contribution in [0.1, 0.15) is 39.0 Å². The molecule has 0 bridgehead atoms. The maximum atomic E-state index is 11.7. The zero-order valence-electron chi connectivity index (χ0n) is 14.1. The zero-order chi connectivity index (χ0) is 17.2. The Labute approximate surface area is 133 Å². The fourth-order valence-corrected chi connectivity index (χ4v) is 2.06. The van der Waals surface area contributed by atoms with Crippen LogP contribution in [0.15, 0.2) is 12.2 Å². The van der Waals surface area contributed by atoms with Crippen LogP contribution in [0.25, 0.3) is 0 Å². The lowest BCUT2D eigenvalue weighted by Crippen LogP contribution is -2.45. The Bertz CT molecular complexity index is 373. The highest BCUT2D eigenvalue weighted by molar-refractivity contribution is 5.72. The predicted molar refractivity (Wildman–Crippen MR) is 81.7 cm³/mol. The van der Waals surface area contributed by atoms with Gasteiger partial charge in [0.1, 0.15) is 6.54 Å². The van der Waals surface area contributed by atoms with Crippen LogP contribution in [-0.4, -0.2) is 61.4 Å². The van der Waals surface area contributed by atoms with Gasteiger partial charge in [-0.2, -0.15) is 0 Å². The lowest BCUT2D eigenvalue weighted by molar-refractivity contribution is -0.873. The molecule has 0 aliphatic carbocycles. The highest BCUT2D eigenvalue weighted by atomic mass is 16.5. The van der Waals surface area contributed by atoms with Gasteiger partial charge in [0.05, 0.1) is 33.7 Å². The van der Waals surface area contributed by atoms with Gasteiger partial charge in [0.25, 0.3) is 0 Å². The molecule has 6 nitrogen and oxygen atoms in total. The first kappa shape index (κ1) is 20.6. The summed E-state index contributed by atoms with van der Waals surface area (Å²) in [4.78, 5) is 22.5. The molecule has 6 heteroatoms. The molecule has 0 saturated heterocycles. The molecule has 0 spiro atoms. The lowest BCUT2D eigenvalue weighted by Gasteiger charge is -2.29. The van der Waals surface area contributed by atoms with Gasteiger partial charge in [0.15, 0.2) is 6.10 Å². The van der Waals surface area contributed by atoms with E-state index in [1.165, 1.54) is 0 Å². The van der Waals surface area contributed by atoms with Crippen molar-refractivity contribution >= 4 is 11.9 Å². The molecule has 22 heavy (non-hydrogen) atoms. The normalized spacial score (nSPS) is 14.8. The van der Waals surface area contributed by atoms with Crippen molar-refractivity contribution in [3.05, 3.63) is 12.2 Å². The predicted octanol–water partition coefficient (Wildman–Crippen LogP) is 0.242. The van der Waals surface area contributed by atoms with E-state index in [0.29, 0.717) is 17.4 Å².